The molecule has 1 heterocycles. The summed E-state index contributed by atoms with van der Waals surface area (Å²) >= 11 is 6.00. The fourth-order valence-electron chi connectivity index (χ4n) is 3.44. The second-order valence-electron chi connectivity index (χ2n) is 6.37. The van der Waals surface area contributed by atoms with Crippen LogP contribution in [0.5, 0.6) is 0 Å². The van der Waals surface area contributed by atoms with Crippen molar-refractivity contribution in [2.45, 2.75) is 24.6 Å². The first kappa shape index (κ1) is 20.7. The van der Waals surface area contributed by atoms with Gasteiger partial charge in [-0.1, -0.05) is 41.9 Å². The van der Waals surface area contributed by atoms with E-state index in [1.165, 1.54) is 6.08 Å². The molecule has 0 amide bonds. The molecule has 0 radical (unpaired) electrons. The first-order chi connectivity index (χ1) is 13.2. The van der Waals surface area contributed by atoms with Crippen LogP contribution >= 0.6 is 22.3 Å². The zero-order valence-electron chi connectivity index (χ0n) is 15.3. The number of nitrogens with zero attached hydrogens (tertiary/aromatic N) is 1. The highest BCUT2D eigenvalue weighted by molar-refractivity contribution is 8.15. The van der Waals surface area contributed by atoms with E-state index in [0.717, 1.165) is 5.69 Å². The average molecular weight is 440 g/mol. The largest absolute Gasteiger partial charge is 0.464 e. The van der Waals surface area contributed by atoms with E-state index in [1.807, 2.05) is 30.3 Å². The van der Waals surface area contributed by atoms with Crippen LogP contribution < -0.4 is 4.90 Å². The molecule has 2 atom stereocenters. The molecule has 5 nitrogen and oxygen atoms in total. The Labute approximate surface area is 173 Å². The third-order valence-corrected chi connectivity index (χ3v) is 7.24. The van der Waals surface area contributed by atoms with Crippen molar-refractivity contribution in [3.8, 4) is 0 Å². The SMILES string of the molecule is CCOC(=O)[C@]1(S(=O)(=O)Cl)C=C(c2ccc(Cl)cc2)N(c2ccccc2)[C@@H]1C. The number of hydrogen-bond acceptors (Lipinski definition) is 5. The van der Waals surface area contributed by atoms with Crippen molar-refractivity contribution in [3.05, 3.63) is 71.3 Å². The standard InChI is InChI=1S/C20H19Cl2NO4S/c1-3-27-19(24)20(28(22,25)26)13-18(15-9-11-16(21)12-10-15)23(14(20)2)17-7-5-4-6-8-17/h4-14H,3H2,1-2H3/t14-,20+/m1/s1. The van der Waals surface area contributed by atoms with Crippen molar-refractivity contribution in [1.29, 1.82) is 0 Å². The van der Waals surface area contributed by atoms with E-state index in [9.17, 15) is 13.2 Å². The number of benzene rings is 2. The van der Waals surface area contributed by atoms with Crippen LogP contribution in [-0.2, 0) is 18.6 Å². The van der Waals surface area contributed by atoms with Crippen LogP contribution in [0.25, 0.3) is 5.70 Å². The summed E-state index contributed by atoms with van der Waals surface area (Å²) in [7, 11) is 1.46. The van der Waals surface area contributed by atoms with E-state index < -0.39 is 25.8 Å². The zero-order chi connectivity index (χ0) is 20.5. The lowest BCUT2D eigenvalue weighted by Gasteiger charge is -2.34. The molecule has 1 aliphatic heterocycles. The van der Waals surface area contributed by atoms with Crippen LogP contribution in [-0.4, -0.2) is 31.8 Å². The third kappa shape index (κ3) is 3.41. The molecule has 8 heteroatoms. The highest BCUT2D eigenvalue weighted by Crippen LogP contribution is 2.45. The van der Waals surface area contributed by atoms with Gasteiger partial charge in [-0.3, -0.25) is 0 Å². The number of carbonyl (C=O) groups is 1. The lowest BCUT2D eigenvalue weighted by Crippen LogP contribution is -2.54. The second kappa shape index (κ2) is 7.78. The fraction of sp³-hybridized carbons (Fsp3) is 0.250. The molecule has 0 aliphatic carbocycles. The molecule has 1 aliphatic rings. The number of para-hydroxylation sites is 1. The van der Waals surface area contributed by atoms with Gasteiger partial charge in [0.1, 0.15) is 0 Å². The van der Waals surface area contributed by atoms with Crippen molar-refractivity contribution in [1.82, 2.24) is 0 Å². The number of ether oxygens (including phenoxy) is 1. The van der Waals surface area contributed by atoms with Crippen molar-refractivity contribution in [2.75, 3.05) is 11.5 Å². The van der Waals surface area contributed by atoms with Crippen LogP contribution in [0.1, 0.15) is 19.4 Å². The minimum absolute atomic E-state index is 0.0369. The van der Waals surface area contributed by atoms with Gasteiger partial charge in [0.05, 0.1) is 12.6 Å². The Balaban J connectivity index is 2.27. The first-order valence-corrected chi connectivity index (χ1v) is 11.4. The molecule has 2 aromatic rings. The van der Waals surface area contributed by atoms with Gasteiger partial charge in [-0.15, -0.1) is 0 Å². The molecule has 0 saturated heterocycles. The topological polar surface area (TPSA) is 63.7 Å². The summed E-state index contributed by atoms with van der Waals surface area (Å²) < 4.78 is 28.4. The van der Waals surface area contributed by atoms with Gasteiger partial charge in [0.25, 0.3) is 9.05 Å². The molecular formula is C20H19Cl2NO4S. The van der Waals surface area contributed by atoms with Gasteiger partial charge in [0.2, 0.25) is 4.75 Å². The van der Waals surface area contributed by atoms with Crippen molar-refractivity contribution < 1.29 is 17.9 Å². The maximum atomic E-state index is 12.9. The van der Waals surface area contributed by atoms with Gasteiger partial charge < -0.3 is 9.64 Å². The Kier molecular flexibility index (Phi) is 5.75. The number of hydrogen-bond donors (Lipinski definition) is 0. The van der Waals surface area contributed by atoms with Gasteiger partial charge in [-0.05, 0) is 49.8 Å². The number of anilines is 1. The van der Waals surface area contributed by atoms with Crippen LogP contribution in [0.2, 0.25) is 5.02 Å². The maximum absolute atomic E-state index is 12.9. The van der Waals surface area contributed by atoms with Crippen LogP contribution in [0.3, 0.4) is 0 Å². The molecule has 0 N–H and O–H groups in total. The predicted molar refractivity (Wildman–Crippen MR) is 112 cm³/mol. The Bertz CT molecular complexity index is 1010. The van der Waals surface area contributed by atoms with E-state index in [-0.39, 0.29) is 6.61 Å². The zero-order valence-corrected chi connectivity index (χ0v) is 17.6. The van der Waals surface area contributed by atoms with Gasteiger partial charge in [-0.2, -0.15) is 0 Å². The van der Waals surface area contributed by atoms with E-state index in [0.29, 0.717) is 16.3 Å². The Hall–Kier alpha value is -2.02. The molecule has 0 fully saturated rings. The van der Waals surface area contributed by atoms with Gasteiger partial charge in [0, 0.05) is 27.1 Å². The quantitative estimate of drug-likeness (QED) is 0.508. The average Bonchev–Trinajstić information content (AvgIpc) is 2.97. The summed E-state index contributed by atoms with van der Waals surface area (Å²) in [5.74, 6) is -0.901. The lowest BCUT2D eigenvalue weighted by atomic mass is 10.0. The van der Waals surface area contributed by atoms with Crippen molar-refractivity contribution in [2.24, 2.45) is 0 Å². The summed E-state index contributed by atoms with van der Waals surface area (Å²) in [6.45, 7) is 3.29. The summed E-state index contributed by atoms with van der Waals surface area (Å²) in [4.78, 5) is 14.6. The van der Waals surface area contributed by atoms with Crippen LogP contribution in [0.15, 0.2) is 60.7 Å². The molecule has 148 valence electrons. The number of halogens is 2. The van der Waals surface area contributed by atoms with E-state index >= 15 is 0 Å². The van der Waals surface area contributed by atoms with E-state index in [4.69, 9.17) is 27.0 Å². The monoisotopic (exact) mass is 439 g/mol. The number of esters is 1. The Morgan fingerprint density at radius 2 is 1.75 bits per heavy atom. The smallest absolute Gasteiger partial charge is 0.335 e. The Morgan fingerprint density at radius 3 is 2.29 bits per heavy atom. The van der Waals surface area contributed by atoms with Gasteiger partial charge in [-0.25, -0.2) is 13.2 Å². The maximum Gasteiger partial charge on any atom is 0.335 e. The molecular weight excluding hydrogens is 421 g/mol. The predicted octanol–water partition coefficient (Wildman–Crippen LogP) is 4.46. The van der Waals surface area contributed by atoms with Crippen molar-refractivity contribution in [3.63, 3.8) is 0 Å². The summed E-state index contributed by atoms with van der Waals surface area (Å²) in [6.07, 6.45) is 1.38. The van der Waals surface area contributed by atoms with Crippen molar-refractivity contribution >= 4 is 48.7 Å². The molecule has 2 aromatic carbocycles. The highest BCUT2D eigenvalue weighted by atomic mass is 35.7. The normalized spacial score (nSPS) is 22.1. The second-order valence-corrected chi connectivity index (χ2v) is 9.58. The highest BCUT2D eigenvalue weighted by Gasteiger charge is 2.60. The molecule has 0 spiro atoms. The lowest BCUT2D eigenvalue weighted by molar-refractivity contribution is -0.145. The summed E-state index contributed by atoms with van der Waals surface area (Å²) in [5.41, 5.74) is 1.96. The van der Waals surface area contributed by atoms with Gasteiger partial charge in [0.15, 0.2) is 0 Å². The molecule has 0 saturated carbocycles. The molecule has 28 heavy (non-hydrogen) atoms. The first-order valence-electron chi connectivity index (χ1n) is 8.67. The van der Waals surface area contributed by atoms with E-state index in [1.54, 1.807) is 43.0 Å². The summed E-state index contributed by atoms with van der Waals surface area (Å²) in [6, 6.07) is 15.3. The molecule has 3 rings (SSSR count). The van der Waals surface area contributed by atoms with E-state index in [2.05, 4.69) is 0 Å². The number of carbonyl (C=O) groups excluding carboxylic acids is 1. The Morgan fingerprint density at radius 1 is 1.14 bits per heavy atom. The fourth-order valence-corrected chi connectivity index (χ4v) is 5.29. The third-order valence-electron chi connectivity index (χ3n) is 4.79. The van der Waals surface area contributed by atoms with Crippen LogP contribution in [0.4, 0.5) is 5.69 Å². The number of rotatable bonds is 5. The van der Waals surface area contributed by atoms with Crippen LogP contribution in [0, 0.1) is 0 Å². The molecule has 0 unspecified atom stereocenters. The summed E-state index contributed by atoms with van der Waals surface area (Å²) in [5, 5.41) is 0.545. The van der Waals surface area contributed by atoms with Gasteiger partial charge >= 0.3 is 5.97 Å². The molecule has 0 aromatic heterocycles. The minimum Gasteiger partial charge on any atom is -0.464 e. The minimum atomic E-state index is -4.37. The molecule has 0 bridgehead atoms.